The Morgan fingerprint density at radius 2 is 1.84 bits per heavy atom. The predicted molar refractivity (Wildman–Crippen MR) is 77.6 cm³/mol. The van der Waals surface area contributed by atoms with Crippen molar-refractivity contribution in [2.45, 2.75) is 19.9 Å². The lowest BCUT2D eigenvalue weighted by Gasteiger charge is -2.21. The Kier molecular flexibility index (Phi) is 4.17. The van der Waals surface area contributed by atoms with Crippen molar-refractivity contribution in [3.8, 4) is 5.88 Å². The van der Waals surface area contributed by atoms with Crippen molar-refractivity contribution in [1.29, 1.82) is 0 Å². The van der Waals surface area contributed by atoms with Crippen LogP contribution < -0.4 is 10.1 Å². The number of benzene rings is 1. The minimum Gasteiger partial charge on any atom is -0.481 e. The van der Waals surface area contributed by atoms with Crippen LogP contribution in [0.1, 0.15) is 28.3 Å². The van der Waals surface area contributed by atoms with E-state index in [2.05, 4.69) is 48.4 Å². The van der Waals surface area contributed by atoms with E-state index in [-0.39, 0.29) is 6.04 Å². The van der Waals surface area contributed by atoms with Crippen molar-refractivity contribution in [2.75, 3.05) is 14.2 Å². The summed E-state index contributed by atoms with van der Waals surface area (Å²) >= 11 is 0. The van der Waals surface area contributed by atoms with Crippen LogP contribution in [0, 0.1) is 13.8 Å². The van der Waals surface area contributed by atoms with Gasteiger partial charge in [0, 0.05) is 11.8 Å². The highest BCUT2D eigenvalue weighted by Crippen LogP contribution is 2.30. The second-order valence-electron chi connectivity index (χ2n) is 4.61. The van der Waals surface area contributed by atoms with Crippen molar-refractivity contribution in [3.05, 3.63) is 58.8 Å². The third-order valence-electron chi connectivity index (χ3n) is 3.55. The highest BCUT2D eigenvalue weighted by molar-refractivity contribution is 5.43. The van der Waals surface area contributed by atoms with Gasteiger partial charge in [0.15, 0.2) is 0 Å². The van der Waals surface area contributed by atoms with Gasteiger partial charge < -0.3 is 10.1 Å². The number of rotatable bonds is 4. The van der Waals surface area contributed by atoms with E-state index in [1.165, 1.54) is 16.7 Å². The first kappa shape index (κ1) is 13.6. The molecule has 0 spiro atoms. The molecule has 1 N–H and O–H groups in total. The minimum atomic E-state index is 0.0866. The molecule has 2 rings (SSSR count). The van der Waals surface area contributed by atoms with Gasteiger partial charge in [-0.3, -0.25) is 0 Å². The van der Waals surface area contributed by atoms with Gasteiger partial charge in [0.05, 0.1) is 13.2 Å². The summed E-state index contributed by atoms with van der Waals surface area (Å²) in [5.41, 5.74) is 4.91. The molecule has 0 amide bonds. The van der Waals surface area contributed by atoms with Crippen LogP contribution in [-0.2, 0) is 0 Å². The van der Waals surface area contributed by atoms with Crippen molar-refractivity contribution >= 4 is 0 Å². The molecule has 0 saturated carbocycles. The summed E-state index contributed by atoms with van der Waals surface area (Å²) in [5.74, 6) is 0.669. The monoisotopic (exact) mass is 256 g/mol. The van der Waals surface area contributed by atoms with Gasteiger partial charge in [0.1, 0.15) is 0 Å². The third kappa shape index (κ3) is 2.61. The molecule has 1 aromatic carbocycles. The van der Waals surface area contributed by atoms with Crippen LogP contribution in [0.4, 0.5) is 0 Å². The number of hydrogen-bond acceptors (Lipinski definition) is 3. The Morgan fingerprint density at radius 1 is 1.11 bits per heavy atom. The number of hydrogen-bond donors (Lipinski definition) is 1. The third-order valence-corrected chi connectivity index (χ3v) is 3.55. The van der Waals surface area contributed by atoms with Crippen molar-refractivity contribution < 1.29 is 4.74 Å². The van der Waals surface area contributed by atoms with Gasteiger partial charge in [-0.25, -0.2) is 4.98 Å². The topological polar surface area (TPSA) is 34.2 Å². The van der Waals surface area contributed by atoms with E-state index in [0.717, 1.165) is 5.56 Å². The maximum Gasteiger partial charge on any atom is 0.218 e. The van der Waals surface area contributed by atoms with E-state index in [1.807, 2.05) is 13.1 Å². The molecular weight excluding hydrogens is 236 g/mol. The molecule has 0 saturated heterocycles. The molecule has 1 unspecified atom stereocenters. The Labute approximate surface area is 114 Å². The van der Waals surface area contributed by atoms with E-state index < -0.39 is 0 Å². The Balaban J connectivity index is 2.53. The molecule has 0 bridgehead atoms. The molecule has 0 aliphatic rings. The first-order valence-electron chi connectivity index (χ1n) is 6.41. The number of pyridine rings is 1. The van der Waals surface area contributed by atoms with E-state index in [0.29, 0.717) is 5.88 Å². The SMILES string of the molecule is CNC(c1cccnc1OC)c1cccc(C)c1C. The van der Waals surface area contributed by atoms with Crippen LogP contribution in [0.15, 0.2) is 36.5 Å². The molecule has 1 aromatic heterocycles. The first-order chi connectivity index (χ1) is 9.19. The van der Waals surface area contributed by atoms with E-state index in [4.69, 9.17) is 4.74 Å². The van der Waals surface area contributed by atoms with E-state index in [1.54, 1.807) is 13.3 Å². The number of aromatic nitrogens is 1. The van der Waals surface area contributed by atoms with Crippen LogP contribution >= 0.6 is 0 Å². The molecular formula is C16H20N2O. The summed E-state index contributed by atoms with van der Waals surface area (Å²) in [5, 5.41) is 3.36. The minimum absolute atomic E-state index is 0.0866. The average molecular weight is 256 g/mol. The second-order valence-corrected chi connectivity index (χ2v) is 4.61. The lowest BCUT2D eigenvalue weighted by atomic mass is 9.93. The molecule has 0 radical (unpaired) electrons. The summed E-state index contributed by atoms with van der Waals surface area (Å²) in [7, 11) is 3.61. The molecule has 1 heterocycles. The number of nitrogens with zero attached hydrogens (tertiary/aromatic N) is 1. The highest BCUT2D eigenvalue weighted by atomic mass is 16.5. The lowest BCUT2D eigenvalue weighted by molar-refractivity contribution is 0.388. The molecule has 0 fully saturated rings. The van der Waals surface area contributed by atoms with Crippen LogP contribution in [0.25, 0.3) is 0 Å². The average Bonchev–Trinajstić information content (AvgIpc) is 2.45. The lowest BCUT2D eigenvalue weighted by Crippen LogP contribution is -2.20. The summed E-state index contributed by atoms with van der Waals surface area (Å²) in [6, 6.07) is 10.4. The highest BCUT2D eigenvalue weighted by Gasteiger charge is 2.19. The summed E-state index contributed by atoms with van der Waals surface area (Å²) < 4.78 is 5.37. The van der Waals surface area contributed by atoms with E-state index in [9.17, 15) is 0 Å². The normalized spacial score (nSPS) is 12.2. The Morgan fingerprint density at radius 3 is 2.53 bits per heavy atom. The second kappa shape index (κ2) is 5.85. The molecule has 100 valence electrons. The van der Waals surface area contributed by atoms with Crippen LogP contribution in [0.2, 0.25) is 0 Å². The fraction of sp³-hybridized carbons (Fsp3) is 0.312. The van der Waals surface area contributed by atoms with Crippen LogP contribution in [0.3, 0.4) is 0 Å². The van der Waals surface area contributed by atoms with Crippen molar-refractivity contribution in [1.82, 2.24) is 10.3 Å². The predicted octanol–water partition coefficient (Wildman–Crippen LogP) is 3.02. The molecule has 19 heavy (non-hydrogen) atoms. The quantitative estimate of drug-likeness (QED) is 0.913. The number of nitrogens with one attached hydrogen (secondary N) is 1. The van der Waals surface area contributed by atoms with Crippen molar-refractivity contribution in [3.63, 3.8) is 0 Å². The number of aryl methyl sites for hydroxylation is 1. The summed E-state index contributed by atoms with van der Waals surface area (Å²) in [4.78, 5) is 4.28. The molecule has 3 nitrogen and oxygen atoms in total. The summed E-state index contributed by atoms with van der Waals surface area (Å²) in [6.45, 7) is 4.28. The zero-order valence-electron chi connectivity index (χ0n) is 11.9. The molecule has 0 aliphatic heterocycles. The molecule has 2 aromatic rings. The molecule has 1 atom stereocenters. The zero-order chi connectivity index (χ0) is 13.8. The Bertz CT molecular complexity index is 566. The fourth-order valence-corrected chi connectivity index (χ4v) is 2.36. The zero-order valence-corrected chi connectivity index (χ0v) is 11.9. The maximum atomic E-state index is 5.37. The van der Waals surface area contributed by atoms with Gasteiger partial charge in [-0.15, -0.1) is 0 Å². The summed E-state index contributed by atoms with van der Waals surface area (Å²) in [6.07, 6.45) is 1.75. The number of ether oxygens (including phenoxy) is 1. The van der Waals surface area contributed by atoms with Crippen LogP contribution in [-0.4, -0.2) is 19.1 Å². The maximum absolute atomic E-state index is 5.37. The smallest absolute Gasteiger partial charge is 0.218 e. The van der Waals surface area contributed by atoms with Gasteiger partial charge in [-0.1, -0.05) is 24.3 Å². The van der Waals surface area contributed by atoms with Crippen molar-refractivity contribution in [2.24, 2.45) is 0 Å². The van der Waals surface area contributed by atoms with Gasteiger partial charge in [-0.05, 0) is 43.7 Å². The Hall–Kier alpha value is -1.87. The fourth-order valence-electron chi connectivity index (χ4n) is 2.36. The van der Waals surface area contributed by atoms with Crippen LogP contribution in [0.5, 0.6) is 5.88 Å². The van der Waals surface area contributed by atoms with Gasteiger partial charge in [-0.2, -0.15) is 0 Å². The van der Waals surface area contributed by atoms with Gasteiger partial charge in [0.25, 0.3) is 0 Å². The van der Waals surface area contributed by atoms with Gasteiger partial charge in [0.2, 0.25) is 5.88 Å². The number of methoxy groups -OCH3 is 1. The van der Waals surface area contributed by atoms with E-state index >= 15 is 0 Å². The standard InChI is InChI=1S/C16H20N2O/c1-11-7-5-8-13(12(11)2)15(17-3)14-9-6-10-18-16(14)19-4/h5-10,15,17H,1-4H3. The largest absolute Gasteiger partial charge is 0.481 e. The molecule has 0 aliphatic carbocycles. The van der Waals surface area contributed by atoms with Gasteiger partial charge >= 0.3 is 0 Å². The molecule has 3 heteroatoms. The first-order valence-corrected chi connectivity index (χ1v) is 6.41.